The van der Waals surface area contributed by atoms with E-state index in [9.17, 15) is 18.5 Å². The molecule has 3 aromatic rings. The van der Waals surface area contributed by atoms with E-state index in [1.54, 1.807) is 62.0 Å². The highest BCUT2D eigenvalue weighted by Crippen LogP contribution is 2.33. The highest BCUT2D eigenvalue weighted by Gasteiger charge is 2.27. The van der Waals surface area contributed by atoms with Gasteiger partial charge in [-0.1, -0.05) is 23.7 Å². The Bertz CT molecular complexity index is 1230. The summed E-state index contributed by atoms with van der Waals surface area (Å²) in [7, 11) is -2.12. The van der Waals surface area contributed by atoms with Crippen molar-refractivity contribution in [2.75, 3.05) is 5.32 Å². The summed E-state index contributed by atoms with van der Waals surface area (Å²) in [6.07, 6.45) is 3.39. The molecule has 0 bridgehead atoms. The molecule has 0 aliphatic rings. The number of aromatic nitrogens is 2. The number of nitrogens with one attached hydrogen (secondary N) is 2. The van der Waals surface area contributed by atoms with Crippen LogP contribution in [0.15, 0.2) is 59.8 Å². The molecule has 2 N–H and O–H groups in total. The van der Waals surface area contributed by atoms with Crippen LogP contribution in [0.2, 0.25) is 5.02 Å². The van der Waals surface area contributed by atoms with Gasteiger partial charge in [0.1, 0.15) is 17.6 Å². The largest absolute Gasteiger partial charge is 0.366 e. The molecule has 0 fully saturated rings. The molecule has 1 aromatic heterocycles. The lowest BCUT2D eigenvalue weighted by Gasteiger charge is -2.22. The van der Waals surface area contributed by atoms with Crippen LogP contribution in [0.25, 0.3) is 0 Å². The monoisotopic (exact) mass is 477 g/mol. The van der Waals surface area contributed by atoms with Crippen molar-refractivity contribution in [3.63, 3.8) is 0 Å². The van der Waals surface area contributed by atoms with Crippen molar-refractivity contribution in [2.24, 2.45) is 7.05 Å². The molecular weight excluding hydrogens is 454 g/mol. The first-order valence-corrected chi connectivity index (χ1v) is 11.6. The van der Waals surface area contributed by atoms with Crippen molar-refractivity contribution in [3.8, 4) is 0 Å². The van der Waals surface area contributed by atoms with E-state index in [1.807, 2.05) is 7.05 Å². The Hall–Kier alpha value is -2.95. The average Bonchev–Trinajstić information content (AvgIpc) is 3.10. The van der Waals surface area contributed by atoms with E-state index >= 15 is 0 Å². The van der Waals surface area contributed by atoms with Gasteiger partial charge in [0.15, 0.2) is 0 Å². The van der Waals surface area contributed by atoms with Gasteiger partial charge in [0, 0.05) is 36.1 Å². The lowest BCUT2D eigenvalue weighted by atomic mass is 10.1. The molecular formula is C21H24ClN5O4S. The summed E-state index contributed by atoms with van der Waals surface area (Å²) < 4.78 is 29.6. The molecule has 1 unspecified atom stereocenters. The molecule has 11 heteroatoms. The zero-order valence-corrected chi connectivity index (χ0v) is 19.6. The fraction of sp³-hybridized carbons (Fsp3) is 0.286. The van der Waals surface area contributed by atoms with Gasteiger partial charge in [0.2, 0.25) is 10.0 Å². The third kappa shape index (κ3) is 5.45. The van der Waals surface area contributed by atoms with E-state index in [1.165, 1.54) is 12.1 Å². The maximum Gasteiger partial charge on any atom is 0.293 e. The SMILES string of the molecule is Cn1ccnc1C(Nc1ccc(S(=O)(=O)NC(C)(C)C)cc1[N+](=O)[O-])c1ccc(Cl)cc1. The summed E-state index contributed by atoms with van der Waals surface area (Å²) in [6, 6.07) is 10.3. The molecule has 32 heavy (non-hydrogen) atoms. The van der Waals surface area contributed by atoms with Crippen molar-refractivity contribution < 1.29 is 13.3 Å². The normalized spacial score (nSPS) is 13.0. The Morgan fingerprint density at radius 3 is 2.34 bits per heavy atom. The van der Waals surface area contributed by atoms with Gasteiger partial charge in [0.25, 0.3) is 5.69 Å². The molecule has 0 radical (unpaired) electrons. The number of benzene rings is 2. The van der Waals surface area contributed by atoms with Crippen LogP contribution in [0.5, 0.6) is 0 Å². The number of aryl methyl sites for hydroxylation is 1. The Kier molecular flexibility index (Phi) is 6.59. The minimum absolute atomic E-state index is 0.160. The second kappa shape index (κ2) is 8.89. The number of nitro benzene ring substituents is 1. The molecule has 0 amide bonds. The van der Waals surface area contributed by atoms with Crippen LogP contribution in [-0.2, 0) is 17.1 Å². The number of anilines is 1. The molecule has 0 saturated heterocycles. The minimum Gasteiger partial charge on any atom is -0.366 e. The first-order chi connectivity index (χ1) is 14.9. The van der Waals surface area contributed by atoms with Crippen LogP contribution >= 0.6 is 11.6 Å². The highest BCUT2D eigenvalue weighted by atomic mass is 35.5. The van der Waals surface area contributed by atoms with Crippen LogP contribution in [0.3, 0.4) is 0 Å². The number of nitrogens with zero attached hydrogens (tertiary/aromatic N) is 3. The number of sulfonamides is 1. The lowest BCUT2D eigenvalue weighted by molar-refractivity contribution is -0.384. The molecule has 0 spiro atoms. The smallest absolute Gasteiger partial charge is 0.293 e. The second-order valence-corrected chi connectivity index (χ2v) is 10.4. The van der Waals surface area contributed by atoms with Crippen LogP contribution in [0, 0.1) is 10.1 Å². The van der Waals surface area contributed by atoms with Crippen molar-refractivity contribution in [2.45, 2.75) is 37.2 Å². The third-order valence-corrected chi connectivity index (χ3v) is 6.54. The highest BCUT2D eigenvalue weighted by molar-refractivity contribution is 7.89. The van der Waals surface area contributed by atoms with Crippen LogP contribution in [0.4, 0.5) is 11.4 Å². The molecule has 9 nitrogen and oxygen atoms in total. The summed E-state index contributed by atoms with van der Waals surface area (Å²) in [4.78, 5) is 15.4. The van der Waals surface area contributed by atoms with Gasteiger partial charge in [-0.3, -0.25) is 10.1 Å². The first-order valence-electron chi connectivity index (χ1n) is 9.69. The zero-order chi connectivity index (χ0) is 23.7. The van der Waals surface area contributed by atoms with Gasteiger partial charge in [-0.25, -0.2) is 18.1 Å². The fourth-order valence-corrected chi connectivity index (χ4v) is 4.74. The van der Waals surface area contributed by atoms with E-state index < -0.39 is 26.5 Å². The Morgan fingerprint density at radius 1 is 1.16 bits per heavy atom. The van der Waals surface area contributed by atoms with Crippen LogP contribution in [0.1, 0.15) is 38.2 Å². The first kappa shape index (κ1) is 23.7. The number of hydrogen-bond donors (Lipinski definition) is 2. The van der Waals surface area contributed by atoms with E-state index in [0.29, 0.717) is 10.8 Å². The van der Waals surface area contributed by atoms with Gasteiger partial charge < -0.3 is 9.88 Å². The van der Waals surface area contributed by atoms with Crippen LogP contribution < -0.4 is 10.0 Å². The molecule has 1 atom stereocenters. The summed E-state index contributed by atoms with van der Waals surface area (Å²) >= 11 is 6.01. The van der Waals surface area contributed by atoms with Crippen molar-refractivity contribution in [1.82, 2.24) is 14.3 Å². The summed E-state index contributed by atoms with van der Waals surface area (Å²) in [6.45, 7) is 5.08. The minimum atomic E-state index is -3.94. The molecule has 0 saturated carbocycles. The number of nitro groups is 1. The Balaban J connectivity index is 2.06. The predicted molar refractivity (Wildman–Crippen MR) is 123 cm³/mol. The lowest BCUT2D eigenvalue weighted by Crippen LogP contribution is -2.40. The number of hydrogen-bond acceptors (Lipinski definition) is 6. The molecule has 1 heterocycles. The molecule has 0 aliphatic heterocycles. The van der Waals surface area contributed by atoms with Gasteiger partial charge in [0.05, 0.1) is 9.82 Å². The van der Waals surface area contributed by atoms with Crippen LogP contribution in [-0.4, -0.2) is 28.4 Å². The number of rotatable bonds is 7. The Labute approximate surface area is 191 Å². The van der Waals surface area contributed by atoms with E-state index in [-0.39, 0.29) is 16.3 Å². The van der Waals surface area contributed by atoms with Crippen molar-refractivity contribution in [1.29, 1.82) is 0 Å². The maximum atomic E-state index is 12.7. The maximum absolute atomic E-state index is 12.7. The zero-order valence-electron chi connectivity index (χ0n) is 18.0. The van der Waals surface area contributed by atoms with Gasteiger partial charge in [-0.05, 0) is 50.6 Å². The van der Waals surface area contributed by atoms with Gasteiger partial charge >= 0.3 is 0 Å². The van der Waals surface area contributed by atoms with E-state index in [0.717, 1.165) is 11.6 Å². The van der Waals surface area contributed by atoms with Crippen molar-refractivity contribution >= 4 is 33.0 Å². The molecule has 3 rings (SSSR count). The summed E-state index contributed by atoms with van der Waals surface area (Å²) in [5.74, 6) is 0.618. The number of imidazole rings is 1. The average molecular weight is 478 g/mol. The van der Waals surface area contributed by atoms with Gasteiger partial charge in [-0.15, -0.1) is 0 Å². The quantitative estimate of drug-likeness (QED) is 0.387. The summed E-state index contributed by atoms with van der Waals surface area (Å²) in [5, 5.41) is 15.5. The molecule has 0 aliphatic carbocycles. The number of halogens is 1. The third-order valence-electron chi connectivity index (χ3n) is 4.54. The summed E-state index contributed by atoms with van der Waals surface area (Å²) in [5.41, 5.74) is -0.158. The molecule has 170 valence electrons. The second-order valence-electron chi connectivity index (χ2n) is 8.32. The topological polar surface area (TPSA) is 119 Å². The van der Waals surface area contributed by atoms with E-state index in [2.05, 4.69) is 15.0 Å². The predicted octanol–water partition coefficient (Wildman–Crippen LogP) is 4.26. The standard InChI is InChI=1S/C21H24ClN5O4S/c1-21(2,3)25-32(30,31)16-9-10-17(18(13-16)27(28)29)24-19(20-23-11-12-26(20)4)14-5-7-15(22)8-6-14/h5-13,19,24-25H,1-4H3. The molecule has 2 aromatic carbocycles. The Morgan fingerprint density at radius 2 is 1.81 bits per heavy atom. The fourth-order valence-electron chi connectivity index (χ4n) is 3.18. The van der Waals surface area contributed by atoms with E-state index in [4.69, 9.17) is 11.6 Å². The van der Waals surface area contributed by atoms with Crippen molar-refractivity contribution in [3.05, 3.63) is 81.4 Å². The van der Waals surface area contributed by atoms with Gasteiger partial charge in [-0.2, -0.15) is 0 Å².